The minimum Gasteiger partial charge on any atom is -0.368 e. The molecule has 0 unspecified atom stereocenters. The maximum absolute atomic E-state index is 2.63. The van der Waals surface area contributed by atoms with Gasteiger partial charge >= 0.3 is 0 Å². The highest BCUT2D eigenvalue weighted by molar-refractivity contribution is 5.63. The van der Waals surface area contributed by atoms with Crippen LogP contribution in [0.3, 0.4) is 0 Å². The van der Waals surface area contributed by atoms with Crippen LogP contribution in [-0.4, -0.2) is 30.6 Å². The van der Waals surface area contributed by atoms with Crippen LogP contribution in [0.25, 0.3) is 0 Å². The average Bonchev–Trinajstić information content (AvgIpc) is 2.93. The van der Waals surface area contributed by atoms with Crippen molar-refractivity contribution in [1.29, 1.82) is 0 Å². The summed E-state index contributed by atoms with van der Waals surface area (Å²) in [6.45, 7) is 9.33. The molecule has 1 saturated heterocycles. The standard InChI is InChI=1S/C22H28N2/c1-18(2)24-17-22(20-10-6-7-11-21(20)24)12-14-23(15-13-22)16-19-8-4-3-5-9-19/h3-11,18H,12-17H2,1-2H3. The first-order chi connectivity index (χ1) is 11.7. The van der Waals surface area contributed by atoms with Crippen molar-refractivity contribution >= 4 is 5.69 Å². The van der Waals surface area contributed by atoms with Crippen LogP contribution in [0.1, 0.15) is 37.8 Å². The lowest BCUT2D eigenvalue weighted by Crippen LogP contribution is -2.45. The molecule has 0 amide bonds. The Balaban J connectivity index is 1.51. The Morgan fingerprint density at radius 3 is 2.29 bits per heavy atom. The summed E-state index contributed by atoms with van der Waals surface area (Å²) in [7, 11) is 0. The smallest absolute Gasteiger partial charge is 0.0407 e. The number of nitrogens with zero attached hydrogens (tertiary/aromatic N) is 2. The van der Waals surface area contributed by atoms with Gasteiger partial charge in [-0.25, -0.2) is 0 Å². The second-order valence-electron chi connectivity index (χ2n) is 7.78. The summed E-state index contributed by atoms with van der Waals surface area (Å²) in [6.07, 6.45) is 2.56. The van der Waals surface area contributed by atoms with Crippen LogP contribution in [0.2, 0.25) is 0 Å². The van der Waals surface area contributed by atoms with Gasteiger partial charge < -0.3 is 4.90 Å². The Morgan fingerprint density at radius 2 is 1.58 bits per heavy atom. The van der Waals surface area contributed by atoms with Crippen LogP contribution in [0.4, 0.5) is 5.69 Å². The molecule has 126 valence electrons. The summed E-state index contributed by atoms with van der Waals surface area (Å²) >= 11 is 0. The molecule has 2 aliphatic heterocycles. The molecule has 4 rings (SSSR count). The van der Waals surface area contributed by atoms with Gasteiger partial charge in [-0.15, -0.1) is 0 Å². The number of likely N-dealkylation sites (tertiary alicyclic amines) is 1. The number of rotatable bonds is 3. The van der Waals surface area contributed by atoms with E-state index in [4.69, 9.17) is 0 Å². The lowest BCUT2D eigenvalue weighted by atomic mass is 9.74. The van der Waals surface area contributed by atoms with Crippen molar-refractivity contribution in [2.24, 2.45) is 0 Å². The Bertz CT molecular complexity index is 684. The molecule has 0 saturated carbocycles. The van der Waals surface area contributed by atoms with Gasteiger partial charge in [-0.3, -0.25) is 4.90 Å². The number of anilines is 1. The van der Waals surface area contributed by atoms with E-state index < -0.39 is 0 Å². The van der Waals surface area contributed by atoms with Gasteiger partial charge in [0.15, 0.2) is 0 Å². The molecule has 2 nitrogen and oxygen atoms in total. The minimum atomic E-state index is 0.369. The van der Waals surface area contributed by atoms with Gasteiger partial charge in [0, 0.05) is 30.2 Å². The minimum absolute atomic E-state index is 0.369. The van der Waals surface area contributed by atoms with Crippen molar-refractivity contribution in [1.82, 2.24) is 4.90 Å². The fraction of sp³-hybridized carbons (Fsp3) is 0.455. The van der Waals surface area contributed by atoms with Crippen molar-refractivity contribution in [3.8, 4) is 0 Å². The predicted octanol–water partition coefficient (Wildman–Crippen LogP) is 4.45. The predicted molar refractivity (Wildman–Crippen MR) is 102 cm³/mol. The van der Waals surface area contributed by atoms with Gasteiger partial charge in [-0.05, 0) is 57.0 Å². The molecule has 2 heteroatoms. The van der Waals surface area contributed by atoms with Crippen molar-refractivity contribution in [2.45, 2.75) is 44.7 Å². The number of hydrogen-bond donors (Lipinski definition) is 0. The summed E-state index contributed by atoms with van der Waals surface area (Å²) in [4.78, 5) is 5.24. The largest absolute Gasteiger partial charge is 0.368 e. The van der Waals surface area contributed by atoms with E-state index in [2.05, 4.69) is 78.2 Å². The number of piperidine rings is 1. The van der Waals surface area contributed by atoms with Crippen molar-refractivity contribution in [3.63, 3.8) is 0 Å². The van der Waals surface area contributed by atoms with E-state index in [0.29, 0.717) is 11.5 Å². The van der Waals surface area contributed by atoms with E-state index in [1.54, 1.807) is 5.56 Å². The van der Waals surface area contributed by atoms with E-state index >= 15 is 0 Å². The van der Waals surface area contributed by atoms with Gasteiger partial charge in [0.2, 0.25) is 0 Å². The first-order valence-electron chi connectivity index (χ1n) is 9.30. The first-order valence-corrected chi connectivity index (χ1v) is 9.30. The average molecular weight is 320 g/mol. The van der Waals surface area contributed by atoms with Gasteiger partial charge in [-0.1, -0.05) is 48.5 Å². The van der Waals surface area contributed by atoms with Crippen molar-refractivity contribution in [2.75, 3.05) is 24.5 Å². The van der Waals surface area contributed by atoms with Gasteiger partial charge in [-0.2, -0.15) is 0 Å². The molecule has 1 fully saturated rings. The number of hydrogen-bond acceptors (Lipinski definition) is 2. The van der Waals surface area contributed by atoms with E-state index in [1.165, 1.54) is 43.7 Å². The zero-order valence-corrected chi connectivity index (χ0v) is 14.9. The molecular weight excluding hydrogens is 292 g/mol. The van der Waals surface area contributed by atoms with E-state index in [1.807, 2.05) is 0 Å². The molecule has 0 bridgehead atoms. The van der Waals surface area contributed by atoms with Crippen LogP contribution in [-0.2, 0) is 12.0 Å². The van der Waals surface area contributed by atoms with E-state index in [0.717, 1.165) is 6.54 Å². The number of fused-ring (bicyclic) bond motifs is 2. The van der Waals surface area contributed by atoms with Crippen LogP contribution in [0.5, 0.6) is 0 Å². The lowest BCUT2D eigenvalue weighted by Gasteiger charge is -2.40. The molecule has 24 heavy (non-hydrogen) atoms. The highest BCUT2D eigenvalue weighted by atomic mass is 15.2. The van der Waals surface area contributed by atoms with Crippen LogP contribution in [0.15, 0.2) is 54.6 Å². The Morgan fingerprint density at radius 1 is 0.917 bits per heavy atom. The maximum atomic E-state index is 2.63. The molecule has 0 aliphatic carbocycles. The molecule has 1 spiro atoms. The summed E-state index contributed by atoms with van der Waals surface area (Å²) in [6, 6.07) is 20.6. The summed E-state index contributed by atoms with van der Waals surface area (Å²) in [5, 5.41) is 0. The third kappa shape index (κ3) is 2.73. The topological polar surface area (TPSA) is 6.48 Å². The third-order valence-electron chi connectivity index (χ3n) is 5.94. The number of benzene rings is 2. The van der Waals surface area contributed by atoms with Gasteiger partial charge in [0.25, 0.3) is 0 Å². The normalized spacial score (nSPS) is 19.9. The highest BCUT2D eigenvalue weighted by Crippen LogP contribution is 2.47. The second-order valence-corrected chi connectivity index (χ2v) is 7.78. The lowest BCUT2D eigenvalue weighted by molar-refractivity contribution is 0.159. The van der Waals surface area contributed by atoms with E-state index in [9.17, 15) is 0 Å². The Kier molecular flexibility index (Phi) is 4.09. The molecule has 0 radical (unpaired) electrons. The van der Waals surface area contributed by atoms with Crippen LogP contribution >= 0.6 is 0 Å². The molecule has 0 atom stereocenters. The van der Waals surface area contributed by atoms with E-state index in [-0.39, 0.29) is 0 Å². The molecule has 2 heterocycles. The monoisotopic (exact) mass is 320 g/mol. The Hall–Kier alpha value is -1.80. The molecule has 2 aliphatic rings. The third-order valence-corrected chi connectivity index (χ3v) is 5.94. The van der Waals surface area contributed by atoms with Crippen molar-refractivity contribution in [3.05, 3.63) is 65.7 Å². The summed E-state index contributed by atoms with van der Waals surface area (Å²) in [5.41, 5.74) is 4.87. The highest BCUT2D eigenvalue weighted by Gasteiger charge is 2.44. The molecule has 0 N–H and O–H groups in total. The molecule has 0 aromatic heterocycles. The number of para-hydroxylation sites is 1. The van der Waals surface area contributed by atoms with Crippen LogP contribution in [0, 0.1) is 0 Å². The SMILES string of the molecule is CC(C)N1CC2(CCN(Cc3ccccc3)CC2)c2ccccc21. The Labute approximate surface area is 146 Å². The summed E-state index contributed by atoms with van der Waals surface area (Å²) < 4.78 is 0. The zero-order valence-electron chi connectivity index (χ0n) is 14.9. The van der Waals surface area contributed by atoms with Gasteiger partial charge in [0.05, 0.1) is 0 Å². The fourth-order valence-corrected chi connectivity index (χ4v) is 4.54. The molecule has 2 aromatic carbocycles. The molecule has 2 aromatic rings. The molecular formula is C22H28N2. The second kappa shape index (κ2) is 6.25. The first kappa shape index (κ1) is 15.7. The zero-order chi connectivity index (χ0) is 16.6. The van der Waals surface area contributed by atoms with Gasteiger partial charge in [0.1, 0.15) is 0 Å². The quantitative estimate of drug-likeness (QED) is 0.824. The summed E-state index contributed by atoms with van der Waals surface area (Å²) in [5.74, 6) is 0. The van der Waals surface area contributed by atoms with Crippen LogP contribution < -0.4 is 4.90 Å². The fourth-order valence-electron chi connectivity index (χ4n) is 4.54. The maximum Gasteiger partial charge on any atom is 0.0407 e. The van der Waals surface area contributed by atoms with Crippen molar-refractivity contribution < 1.29 is 0 Å².